The highest BCUT2D eigenvalue weighted by atomic mass is 16.5. The molecule has 4 aromatic rings. The Hall–Kier alpha value is -3.94. The Labute approximate surface area is 179 Å². The molecule has 8 nitrogen and oxygen atoms in total. The van der Waals surface area contributed by atoms with Crippen molar-refractivity contribution in [3.63, 3.8) is 0 Å². The molecule has 0 atom stereocenters. The Kier molecular flexibility index (Phi) is 5.53. The summed E-state index contributed by atoms with van der Waals surface area (Å²) in [6.07, 6.45) is 0. The van der Waals surface area contributed by atoms with Crippen LogP contribution in [0.4, 0.5) is 0 Å². The van der Waals surface area contributed by atoms with Gasteiger partial charge < -0.3 is 18.9 Å². The maximum absolute atomic E-state index is 12.9. The average Bonchev–Trinajstić information content (AvgIpc) is 3.28. The standard InChI is InChI=1S/C23H22N4O4/c1-14-16-7-5-6-8-18(16)25-22(24-14)13-27(2)23(28)19-12-21(31-26-19)17-11-15(29-3)9-10-20(17)30-4/h5-12H,13H2,1-4H3. The van der Waals surface area contributed by atoms with Crippen LogP contribution in [0.25, 0.3) is 22.2 Å². The van der Waals surface area contributed by atoms with E-state index in [1.807, 2.05) is 31.2 Å². The second kappa shape index (κ2) is 8.43. The molecule has 0 aliphatic carbocycles. The van der Waals surface area contributed by atoms with Crippen molar-refractivity contribution in [3.8, 4) is 22.8 Å². The number of aryl methyl sites for hydroxylation is 1. The van der Waals surface area contributed by atoms with Crippen LogP contribution < -0.4 is 9.47 Å². The third-order valence-electron chi connectivity index (χ3n) is 4.97. The smallest absolute Gasteiger partial charge is 0.276 e. The Morgan fingerprint density at radius 3 is 2.65 bits per heavy atom. The Morgan fingerprint density at radius 1 is 1.06 bits per heavy atom. The predicted molar refractivity (Wildman–Crippen MR) is 115 cm³/mol. The molecule has 4 rings (SSSR count). The first-order valence-electron chi connectivity index (χ1n) is 9.67. The average molecular weight is 418 g/mol. The fourth-order valence-corrected chi connectivity index (χ4v) is 3.35. The van der Waals surface area contributed by atoms with Gasteiger partial charge in [0.05, 0.1) is 31.8 Å². The van der Waals surface area contributed by atoms with Crippen LogP contribution in [0, 0.1) is 6.92 Å². The number of amides is 1. The minimum absolute atomic E-state index is 0.180. The van der Waals surface area contributed by atoms with Gasteiger partial charge in [0.15, 0.2) is 11.5 Å². The van der Waals surface area contributed by atoms with Crippen molar-refractivity contribution in [1.29, 1.82) is 0 Å². The number of hydrogen-bond donors (Lipinski definition) is 0. The van der Waals surface area contributed by atoms with Gasteiger partial charge in [0.2, 0.25) is 0 Å². The molecule has 0 aliphatic heterocycles. The van der Waals surface area contributed by atoms with Gasteiger partial charge in [-0.05, 0) is 31.2 Å². The molecule has 0 saturated carbocycles. The monoisotopic (exact) mass is 418 g/mol. The molecule has 0 fully saturated rings. The van der Waals surface area contributed by atoms with E-state index in [4.69, 9.17) is 14.0 Å². The van der Waals surface area contributed by atoms with Gasteiger partial charge in [-0.15, -0.1) is 0 Å². The van der Waals surface area contributed by atoms with E-state index in [1.165, 1.54) is 4.90 Å². The predicted octanol–water partition coefficient (Wildman–Crippen LogP) is 3.88. The summed E-state index contributed by atoms with van der Waals surface area (Å²) in [7, 11) is 4.82. The van der Waals surface area contributed by atoms with E-state index in [1.54, 1.807) is 45.5 Å². The van der Waals surface area contributed by atoms with Gasteiger partial charge in [0, 0.05) is 24.2 Å². The highest BCUT2D eigenvalue weighted by molar-refractivity contribution is 5.93. The summed E-state index contributed by atoms with van der Waals surface area (Å²) in [5, 5.41) is 4.94. The topological polar surface area (TPSA) is 90.6 Å². The van der Waals surface area contributed by atoms with E-state index >= 15 is 0 Å². The lowest BCUT2D eigenvalue weighted by molar-refractivity contribution is 0.0771. The van der Waals surface area contributed by atoms with Gasteiger partial charge in [-0.3, -0.25) is 4.79 Å². The van der Waals surface area contributed by atoms with Crippen molar-refractivity contribution in [1.82, 2.24) is 20.0 Å². The van der Waals surface area contributed by atoms with E-state index in [0.29, 0.717) is 28.6 Å². The summed E-state index contributed by atoms with van der Waals surface area (Å²) < 4.78 is 16.1. The highest BCUT2D eigenvalue weighted by Gasteiger charge is 2.21. The van der Waals surface area contributed by atoms with Gasteiger partial charge in [0.25, 0.3) is 5.91 Å². The van der Waals surface area contributed by atoms with Crippen molar-refractivity contribution < 1.29 is 18.8 Å². The number of carbonyl (C=O) groups is 1. The third kappa shape index (κ3) is 4.05. The van der Waals surface area contributed by atoms with Gasteiger partial charge in [-0.1, -0.05) is 23.4 Å². The number of aromatic nitrogens is 3. The van der Waals surface area contributed by atoms with Crippen LogP contribution >= 0.6 is 0 Å². The van der Waals surface area contributed by atoms with Gasteiger partial charge in [-0.2, -0.15) is 0 Å². The molecular formula is C23H22N4O4. The number of carbonyl (C=O) groups excluding carboxylic acids is 1. The van der Waals surface area contributed by atoms with Crippen molar-refractivity contribution >= 4 is 16.8 Å². The number of ether oxygens (including phenoxy) is 2. The molecule has 0 spiro atoms. The van der Waals surface area contributed by atoms with E-state index < -0.39 is 0 Å². The van der Waals surface area contributed by atoms with Crippen LogP contribution in [0.5, 0.6) is 11.5 Å². The molecule has 0 N–H and O–H groups in total. The molecule has 0 unspecified atom stereocenters. The van der Waals surface area contributed by atoms with Crippen molar-refractivity contribution in [2.75, 3.05) is 21.3 Å². The first-order chi connectivity index (χ1) is 15.0. The summed E-state index contributed by atoms with van der Waals surface area (Å²) >= 11 is 0. The number of benzene rings is 2. The van der Waals surface area contributed by atoms with E-state index in [-0.39, 0.29) is 18.1 Å². The van der Waals surface area contributed by atoms with Crippen molar-refractivity contribution in [2.24, 2.45) is 0 Å². The first-order valence-corrected chi connectivity index (χ1v) is 9.67. The number of methoxy groups -OCH3 is 2. The summed E-state index contributed by atoms with van der Waals surface area (Å²) in [5.74, 6) is 1.90. The molecule has 0 saturated heterocycles. The number of rotatable bonds is 6. The lowest BCUT2D eigenvalue weighted by atomic mass is 10.1. The first kappa shape index (κ1) is 20.3. The molecule has 2 heterocycles. The zero-order valence-electron chi connectivity index (χ0n) is 17.7. The maximum Gasteiger partial charge on any atom is 0.276 e. The second-order valence-corrected chi connectivity index (χ2v) is 7.05. The van der Waals surface area contributed by atoms with Crippen LogP contribution in [0.15, 0.2) is 53.1 Å². The van der Waals surface area contributed by atoms with Crippen molar-refractivity contribution in [3.05, 3.63) is 65.7 Å². The summed E-state index contributed by atoms with van der Waals surface area (Å²) in [6.45, 7) is 2.18. The number of nitrogens with zero attached hydrogens (tertiary/aromatic N) is 4. The molecule has 8 heteroatoms. The SMILES string of the molecule is COc1ccc(OC)c(-c2cc(C(=O)N(C)Cc3nc(C)c4ccccc4n3)no2)c1. The minimum Gasteiger partial charge on any atom is -0.497 e. The molecule has 1 amide bonds. The number of fused-ring (bicyclic) bond motifs is 1. The molecule has 0 bridgehead atoms. The molecule has 158 valence electrons. The Bertz CT molecular complexity index is 1250. The normalized spacial score (nSPS) is 10.8. The van der Waals surface area contributed by atoms with E-state index in [0.717, 1.165) is 16.6 Å². The van der Waals surface area contributed by atoms with Crippen LogP contribution in [0.2, 0.25) is 0 Å². The number of hydrogen-bond acceptors (Lipinski definition) is 7. The van der Waals surface area contributed by atoms with Crippen molar-refractivity contribution in [2.45, 2.75) is 13.5 Å². The molecular weight excluding hydrogens is 396 g/mol. The quantitative estimate of drug-likeness (QED) is 0.469. The van der Waals surface area contributed by atoms with Gasteiger partial charge in [-0.25, -0.2) is 9.97 Å². The van der Waals surface area contributed by atoms with Crippen LogP contribution in [0.3, 0.4) is 0 Å². The summed E-state index contributed by atoms with van der Waals surface area (Å²) in [6, 6.07) is 14.7. The molecule has 2 aromatic heterocycles. The third-order valence-corrected chi connectivity index (χ3v) is 4.97. The van der Waals surface area contributed by atoms with Crippen LogP contribution in [-0.4, -0.2) is 47.2 Å². The second-order valence-electron chi connectivity index (χ2n) is 7.05. The zero-order chi connectivity index (χ0) is 22.0. The van der Waals surface area contributed by atoms with Gasteiger partial charge >= 0.3 is 0 Å². The molecule has 2 aromatic carbocycles. The molecule has 0 aliphatic rings. The van der Waals surface area contributed by atoms with Crippen LogP contribution in [-0.2, 0) is 6.54 Å². The fraction of sp³-hybridized carbons (Fsp3) is 0.217. The largest absolute Gasteiger partial charge is 0.497 e. The minimum atomic E-state index is -0.300. The highest BCUT2D eigenvalue weighted by Crippen LogP contribution is 2.34. The summed E-state index contributed by atoms with van der Waals surface area (Å²) in [4.78, 5) is 23.5. The lowest BCUT2D eigenvalue weighted by Crippen LogP contribution is -2.27. The van der Waals surface area contributed by atoms with Gasteiger partial charge in [0.1, 0.15) is 17.3 Å². The zero-order valence-corrected chi connectivity index (χ0v) is 17.7. The van der Waals surface area contributed by atoms with Crippen LogP contribution in [0.1, 0.15) is 22.0 Å². The Morgan fingerprint density at radius 2 is 1.87 bits per heavy atom. The number of para-hydroxylation sites is 1. The lowest BCUT2D eigenvalue weighted by Gasteiger charge is -2.15. The molecule has 0 radical (unpaired) electrons. The molecule has 31 heavy (non-hydrogen) atoms. The maximum atomic E-state index is 12.9. The van der Waals surface area contributed by atoms with E-state index in [2.05, 4.69) is 15.1 Å². The van der Waals surface area contributed by atoms with E-state index in [9.17, 15) is 4.79 Å². The fourth-order valence-electron chi connectivity index (χ4n) is 3.35. The Balaban J connectivity index is 1.56. The summed E-state index contributed by atoms with van der Waals surface area (Å²) in [5.41, 5.74) is 2.54.